The second kappa shape index (κ2) is 7.09. The molecule has 9 aliphatic rings. The third-order valence-electron chi connectivity index (χ3n) is 11.0. The smallest absolute Gasteiger partial charge is 0.230 e. The zero-order valence-electron chi connectivity index (χ0n) is 19.5. The first-order chi connectivity index (χ1) is 15.5. The van der Waals surface area contributed by atoms with E-state index < -0.39 is 0 Å². The van der Waals surface area contributed by atoms with Crippen molar-refractivity contribution in [2.75, 3.05) is 0 Å². The lowest BCUT2D eigenvalue weighted by Gasteiger charge is -2.56. The largest absolute Gasteiger partial charge is 0.347 e. The fourth-order valence-electron chi connectivity index (χ4n) is 10.5. The molecule has 4 nitrogen and oxygen atoms in total. The lowest BCUT2D eigenvalue weighted by atomic mass is 9.49. The van der Waals surface area contributed by atoms with Crippen LogP contribution in [0.4, 0.5) is 0 Å². The highest BCUT2D eigenvalue weighted by molar-refractivity contribution is 5.86. The summed E-state index contributed by atoms with van der Waals surface area (Å²) in [6.07, 6.45) is 20.1. The first-order valence-electron chi connectivity index (χ1n) is 13.8. The van der Waals surface area contributed by atoms with Crippen molar-refractivity contribution in [1.29, 1.82) is 0 Å². The summed E-state index contributed by atoms with van der Waals surface area (Å²) in [6.45, 7) is 0. The van der Waals surface area contributed by atoms with E-state index in [0.29, 0.717) is 5.91 Å². The van der Waals surface area contributed by atoms with Crippen LogP contribution in [0.5, 0.6) is 0 Å². The Labute approximate surface area is 192 Å². The van der Waals surface area contributed by atoms with Crippen LogP contribution >= 0.6 is 0 Å². The van der Waals surface area contributed by atoms with Gasteiger partial charge in [0.2, 0.25) is 11.8 Å². The van der Waals surface area contributed by atoms with Crippen LogP contribution in [-0.2, 0) is 9.59 Å². The van der Waals surface area contributed by atoms with Gasteiger partial charge in [-0.15, -0.1) is 0 Å². The number of nitrogens with one attached hydrogen (secondary N) is 2. The SMILES string of the molecule is O=C(NC1=CCCCC1NC(=O)C12CC3CC(CC(C3)C1)C2)C12CC3CC(CC(C3)C1)C2. The molecule has 0 spiro atoms. The van der Waals surface area contributed by atoms with E-state index in [-0.39, 0.29) is 22.8 Å². The van der Waals surface area contributed by atoms with E-state index in [1.807, 2.05) is 0 Å². The van der Waals surface area contributed by atoms with Crippen LogP contribution in [0.1, 0.15) is 96.3 Å². The van der Waals surface area contributed by atoms with Gasteiger partial charge in [-0.2, -0.15) is 0 Å². The van der Waals surface area contributed by atoms with Gasteiger partial charge in [0.1, 0.15) is 0 Å². The fourth-order valence-corrected chi connectivity index (χ4v) is 10.5. The molecule has 0 aliphatic heterocycles. The van der Waals surface area contributed by atoms with Gasteiger partial charge in [0.25, 0.3) is 0 Å². The maximum Gasteiger partial charge on any atom is 0.230 e. The lowest BCUT2D eigenvalue weighted by Crippen LogP contribution is -2.57. The Morgan fingerprint density at radius 3 is 1.59 bits per heavy atom. The first-order valence-corrected chi connectivity index (χ1v) is 13.8. The molecule has 0 heterocycles. The van der Waals surface area contributed by atoms with Gasteiger partial charge < -0.3 is 10.6 Å². The van der Waals surface area contributed by atoms with Crippen LogP contribution in [0.15, 0.2) is 11.8 Å². The average molecular weight is 437 g/mol. The molecule has 8 saturated carbocycles. The molecule has 0 radical (unpaired) electrons. The van der Waals surface area contributed by atoms with Crippen molar-refractivity contribution in [3.63, 3.8) is 0 Å². The normalized spacial score (nSPS) is 50.2. The van der Waals surface area contributed by atoms with E-state index in [0.717, 1.165) is 99.0 Å². The van der Waals surface area contributed by atoms with E-state index in [2.05, 4.69) is 16.7 Å². The Kier molecular flexibility index (Phi) is 4.45. The molecule has 174 valence electrons. The van der Waals surface area contributed by atoms with Gasteiger partial charge in [-0.3, -0.25) is 9.59 Å². The molecule has 32 heavy (non-hydrogen) atoms. The minimum atomic E-state index is -0.123. The molecule has 8 bridgehead atoms. The molecule has 0 aromatic heterocycles. The molecule has 1 unspecified atom stereocenters. The van der Waals surface area contributed by atoms with Crippen LogP contribution in [-0.4, -0.2) is 17.9 Å². The molecule has 0 saturated heterocycles. The van der Waals surface area contributed by atoms with E-state index >= 15 is 0 Å². The summed E-state index contributed by atoms with van der Waals surface area (Å²) in [6, 6.07) is 0.00196. The van der Waals surface area contributed by atoms with Crippen molar-refractivity contribution in [1.82, 2.24) is 10.6 Å². The van der Waals surface area contributed by atoms with Gasteiger partial charge in [-0.25, -0.2) is 0 Å². The van der Waals surface area contributed by atoms with Gasteiger partial charge in [0.05, 0.1) is 11.5 Å². The van der Waals surface area contributed by atoms with E-state index in [1.54, 1.807) is 0 Å². The third kappa shape index (κ3) is 3.14. The molecule has 8 fully saturated rings. The average Bonchev–Trinajstić information content (AvgIpc) is 2.73. The summed E-state index contributed by atoms with van der Waals surface area (Å²) in [5.74, 6) is 5.26. The quantitative estimate of drug-likeness (QED) is 0.645. The van der Waals surface area contributed by atoms with Crippen LogP contribution in [0, 0.1) is 46.3 Å². The Bertz CT molecular complexity index is 787. The summed E-state index contributed by atoms with van der Waals surface area (Å²) in [5.41, 5.74) is 0.776. The molecule has 2 amide bonds. The minimum Gasteiger partial charge on any atom is -0.347 e. The van der Waals surface area contributed by atoms with Gasteiger partial charge >= 0.3 is 0 Å². The zero-order valence-corrected chi connectivity index (χ0v) is 19.5. The number of allylic oxidation sites excluding steroid dienone is 1. The van der Waals surface area contributed by atoms with Crippen molar-refractivity contribution in [3.05, 3.63) is 11.8 Å². The Morgan fingerprint density at radius 2 is 1.12 bits per heavy atom. The predicted molar refractivity (Wildman–Crippen MR) is 123 cm³/mol. The van der Waals surface area contributed by atoms with Crippen molar-refractivity contribution in [3.8, 4) is 0 Å². The molecule has 9 rings (SSSR count). The molecular formula is C28H40N2O2. The van der Waals surface area contributed by atoms with Crippen LogP contribution in [0.3, 0.4) is 0 Å². The predicted octanol–water partition coefficient (Wildman–Crippen LogP) is 5.09. The van der Waals surface area contributed by atoms with Crippen LogP contribution in [0.2, 0.25) is 0 Å². The Balaban J connectivity index is 1.06. The summed E-state index contributed by atoms with van der Waals surface area (Å²) in [5, 5.41) is 6.90. The Hall–Kier alpha value is -1.32. The fraction of sp³-hybridized carbons (Fsp3) is 0.857. The third-order valence-corrected chi connectivity index (χ3v) is 11.0. The van der Waals surface area contributed by atoms with Gasteiger partial charge in [-0.1, -0.05) is 6.08 Å². The zero-order chi connectivity index (χ0) is 21.5. The second-order valence-electron chi connectivity index (χ2n) is 13.5. The number of carbonyl (C=O) groups is 2. The highest BCUT2D eigenvalue weighted by Crippen LogP contribution is 2.61. The van der Waals surface area contributed by atoms with Gasteiger partial charge in [-0.05, 0) is 132 Å². The maximum atomic E-state index is 13.7. The van der Waals surface area contributed by atoms with Crippen molar-refractivity contribution in [2.45, 2.75) is 102 Å². The van der Waals surface area contributed by atoms with Crippen molar-refractivity contribution >= 4 is 11.8 Å². The number of hydrogen-bond acceptors (Lipinski definition) is 2. The molecular weight excluding hydrogens is 396 g/mol. The number of amides is 2. The summed E-state index contributed by atoms with van der Waals surface area (Å²) in [4.78, 5) is 27.3. The summed E-state index contributed by atoms with van der Waals surface area (Å²) < 4.78 is 0. The van der Waals surface area contributed by atoms with E-state index in [9.17, 15) is 9.59 Å². The van der Waals surface area contributed by atoms with Crippen LogP contribution < -0.4 is 10.6 Å². The highest BCUT2D eigenvalue weighted by Gasteiger charge is 2.56. The van der Waals surface area contributed by atoms with Crippen molar-refractivity contribution < 1.29 is 9.59 Å². The number of hydrogen-bond donors (Lipinski definition) is 2. The lowest BCUT2D eigenvalue weighted by molar-refractivity contribution is -0.148. The van der Waals surface area contributed by atoms with Crippen LogP contribution in [0.25, 0.3) is 0 Å². The maximum absolute atomic E-state index is 13.7. The number of rotatable bonds is 4. The van der Waals surface area contributed by atoms with Crippen molar-refractivity contribution in [2.24, 2.45) is 46.3 Å². The molecule has 0 aromatic carbocycles. The highest BCUT2D eigenvalue weighted by atomic mass is 16.2. The second-order valence-corrected chi connectivity index (χ2v) is 13.5. The molecule has 2 N–H and O–H groups in total. The topological polar surface area (TPSA) is 58.2 Å². The van der Waals surface area contributed by atoms with Gasteiger partial charge in [0.15, 0.2) is 0 Å². The monoisotopic (exact) mass is 436 g/mol. The molecule has 4 heteroatoms. The molecule has 9 aliphatic carbocycles. The standard InChI is InChI=1S/C28H40N2O2/c31-25(27-11-17-5-18(12-27)7-19(6-17)13-27)29-23-3-1-2-4-24(23)30-26(32)28-14-20-8-21(15-28)10-22(9-20)16-28/h3,17-22,24H,1-2,4-16H2,(H,29,31)(H,30,32). The van der Waals surface area contributed by atoms with Gasteiger partial charge in [0, 0.05) is 11.1 Å². The Morgan fingerprint density at radius 1 is 0.688 bits per heavy atom. The number of carbonyl (C=O) groups excluding carboxylic acids is 2. The van der Waals surface area contributed by atoms with E-state index in [4.69, 9.17) is 0 Å². The molecule has 1 atom stereocenters. The first kappa shape index (κ1) is 20.1. The summed E-state index contributed by atoms with van der Waals surface area (Å²) >= 11 is 0. The summed E-state index contributed by atoms with van der Waals surface area (Å²) in [7, 11) is 0. The molecule has 0 aromatic rings. The van der Waals surface area contributed by atoms with E-state index in [1.165, 1.54) is 38.5 Å². The minimum absolute atomic E-state index is 0.00196.